The van der Waals surface area contributed by atoms with Gasteiger partial charge in [-0.1, -0.05) is 0 Å². The molecule has 2 aromatic rings. The number of phenols is 1. The predicted octanol–water partition coefficient (Wildman–Crippen LogP) is 3.70. The standard InChI is InChI=1S/C15H9F3I2N2O3/c16-15(17,18)8-3-1-7(2-4-8)13(24)21-22-14(25)10-5-9(19)6-11(20)12(10)23/h1-6,23H,(H,21,24)(H,22,25). The highest BCUT2D eigenvalue weighted by Crippen LogP contribution is 2.29. The third-order valence-electron chi connectivity index (χ3n) is 3.04. The van der Waals surface area contributed by atoms with Gasteiger partial charge in [-0.3, -0.25) is 20.4 Å². The number of phenolic OH excluding ortho intramolecular Hbond substituents is 1. The van der Waals surface area contributed by atoms with Crippen LogP contribution in [-0.2, 0) is 6.18 Å². The van der Waals surface area contributed by atoms with Gasteiger partial charge in [0.1, 0.15) is 5.75 Å². The number of halogens is 5. The van der Waals surface area contributed by atoms with E-state index >= 15 is 0 Å². The average molecular weight is 576 g/mol. The molecule has 3 N–H and O–H groups in total. The Balaban J connectivity index is 2.06. The van der Waals surface area contributed by atoms with Crippen molar-refractivity contribution in [2.45, 2.75) is 6.18 Å². The Bertz CT molecular complexity index is 824. The smallest absolute Gasteiger partial charge is 0.416 e. The summed E-state index contributed by atoms with van der Waals surface area (Å²) >= 11 is 3.82. The number of alkyl halides is 3. The molecule has 5 nitrogen and oxygen atoms in total. The van der Waals surface area contributed by atoms with Gasteiger partial charge in [0.15, 0.2) is 0 Å². The lowest BCUT2D eigenvalue weighted by atomic mass is 10.1. The Kier molecular flexibility index (Phi) is 6.13. The Morgan fingerprint density at radius 2 is 1.52 bits per heavy atom. The van der Waals surface area contributed by atoms with Crippen molar-refractivity contribution < 1.29 is 27.9 Å². The molecule has 0 saturated heterocycles. The lowest BCUT2D eigenvalue weighted by molar-refractivity contribution is -0.137. The lowest BCUT2D eigenvalue weighted by Crippen LogP contribution is -2.41. The van der Waals surface area contributed by atoms with Crippen LogP contribution in [0, 0.1) is 7.14 Å². The first-order chi connectivity index (χ1) is 11.6. The molecular weight excluding hydrogens is 567 g/mol. The van der Waals surface area contributed by atoms with Gasteiger partial charge in [0, 0.05) is 9.13 Å². The molecule has 0 heterocycles. The van der Waals surface area contributed by atoms with Gasteiger partial charge in [-0.15, -0.1) is 0 Å². The second kappa shape index (κ2) is 7.76. The van der Waals surface area contributed by atoms with E-state index in [0.29, 0.717) is 7.14 Å². The summed E-state index contributed by atoms with van der Waals surface area (Å²) in [7, 11) is 0. The van der Waals surface area contributed by atoms with Gasteiger partial charge in [-0.2, -0.15) is 13.2 Å². The van der Waals surface area contributed by atoms with Gasteiger partial charge in [0.05, 0.1) is 14.7 Å². The van der Waals surface area contributed by atoms with Gasteiger partial charge >= 0.3 is 6.18 Å². The molecule has 0 radical (unpaired) electrons. The van der Waals surface area contributed by atoms with E-state index in [1.807, 2.05) is 45.2 Å². The molecule has 0 fully saturated rings. The number of hydrogen-bond donors (Lipinski definition) is 3. The van der Waals surface area contributed by atoms with Crippen LogP contribution in [0.3, 0.4) is 0 Å². The molecule has 0 aliphatic rings. The van der Waals surface area contributed by atoms with E-state index in [0.717, 1.165) is 24.3 Å². The van der Waals surface area contributed by atoms with E-state index in [1.165, 1.54) is 6.07 Å². The molecular formula is C15H9F3I2N2O3. The second-order valence-electron chi connectivity index (χ2n) is 4.77. The summed E-state index contributed by atoms with van der Waals surface area (Å²) in [6.45, 7) is 0. The Hall–Kier alpha value is -1.57. The zero-order chi connectivity index (χ0) is 18.8. The van der Waals surface area contributed by atoms with Gasteiger partial charge in [-0.05, 0) is 81.6 Å². The largest absolute Gasteiger partial charge is 0.506 e. The molecule has 2 amide bonds. The first-order valence-electron chi connectivity index (χ1n) is 6.55. The van der Waals surface area contributed by atoms with Crippen LogP contribution in [0.5, 0.6) is 5.75 Å². The maximum Gasteiger partial charge on any atom is 0.416 e. The molecule has 0 aliphatic heterocycles. The van der Waals surface area contributed by atoms with Crippen LogP contribution in [0.1, 0.15) is 26.3 Å². The summed E-state index contributed by atoms with van der Waals surface area (Å²) in [6.07, 6.45) is -4.50. The number of carbonyl (C=O) groups excluding carboxylic acids is 2. The number of hydrazine groups is 1. The van der Waals surface area contributed by atoms with Crippen molar-refractivity contribution in [2.24, 2.45) is 0 Å². The van der Waals surface area contributed by atoms with Crippen molar-refractivity contribution in [1.82, 2.24) is 10.9 Å². The molecule has 0 atom stereocenters. The molecule has 0 aliphatic carbocycles. The summed E-state index contributed by atoms with van der Waals surface area (Å²) < 4.78 is 38.6. The SMILES string of the molecule is O=C(NNC(=O)c1cc(I)cc(I)c1O)c1ccc(C(F)(F)F)cc1. The van der Waals surface area contributed by atoms with E-state index in [9.17, 15) is 27.9 Å². The topological polar surface area (TPSA) is 78.4 Å². The fourth-order valence-corrected chi connectivity index (χ4v) is 3.65. The second-order valence-corrected chi connectivity index (χ2v) is 7.17. The summed E-state index contributed by atoms with van der Waals surface area (Å²) in [4.78, 5) is 23.9. The number of benzene rings is 2. The van der Waals surface area contributed by atoms with Crippen LogP contribution < -0.4 is 10.9 Å². The number of carbonyl (C=O) groups is 2. The van der Waals surface area contributed by atoms with Gasteiger partial charge < -0.3 is 5.11 Å². The first kappa shape index (κ1) is 19.8. The number of hydrogen-bond acceptors (Lipinski definition) is 3. The highest BCUT2D eigenvalue weighted by molar-refractivity contribution is 14.1. The van der Waals surface area contributed by atoms with Crippen LogP contribution >= 0.6 is 45.2 Å². The highest BCUT2D eigenvalue weighted by Gasteiger charge is 2.30. The Labute approximate surface area is 167 Å². The average Bonchev–Trinajstić information content (AvgIpc) is 2.55. The summed E-state index contributed by atoms with van der Waals surface area (Å²) in [5.41, 5.74) is 3.21. The van der Waals surface area contributed by atoms with Crippen molar-refractivity contribution in [3.63, 3.8) is 0 Å². The number of rotatable bonds is 2. The maximum absolute atomic E-state index is 12.5. The van der Waals surface area contributed by atoms with Crippen LogP contribution in [0.25, 0.3) is 0 Å². The van der Waals surface area contributed by atoms with Gasteiger partial charge in [0.2, 0.25) is 0 Å². The molecule has 2 rings (SSSR count). The van der Waals surface area contributed by atoms with Crippen molar-refractivity contribution in [2.75, 3.05) is 0 Å². The first-order valence-corrected chi connectivity index (χ1v) is 8.71. The van der Waals surface area contributed by atoms with Crippen molar-refractivity contribution >= 4 is 57.0 Å². The molecule has 25 heavy (non-hydrogen) atoms. The van der Waals surface area contributed by atoms with E-state index in [1.54, 1.807) is 6.07 Å². The minimum atomic E-state index is -4.50. The molecule has 0 unspecified atom stereocenters. The summed E-state index contributed by atoms with van der Waals surface area (Å²) in [6, 6.07) is 6.62. The van der Waals surface area contributed by atoms with Crippen molar-refractivity contribution in [3.8, 4) is 5.75 Å². The molecule has 0 aromatic heterocycles. The minimum absolute atomic E-state index is 0.0379. The van der Waals surface area contributed by atoms with Crippen molar-refractivity contribution in [3.05, 3.63) is 60.2 Å². The third-order valence-corrected chi connectivity index (χ3v) is 4.48. The number of nitrogens with one attached hydrogen (secondary N) is 2. The van der Waals surface area contributed by atoms with Crippen LogP contribution in [0.4, 0.5) is 13.2 Å². The van der Waals surface area contributed by atoms with E-state index in [4.69, 9.17) is 0 Å². The van der Waals surface area contributed by atoms with Crippen LogP contribution in [-0.4, -0.2) is 16.9 Å². The highest BCUT2D eigenvalue weighted by atomic mass is 127. The molecule has 2 aromatic carbocycles. The van der Waals surface area contributed by atoms with Crippen LogP contribution in [0.15, 0.2) is 36.4 Å². The molecule has 10 heteroatoms. The quantitative estimate of drug-likeness (QED) is 0.378. The monoisotopic (exact) mass is 576 g/mol. The third kappa shape index (κ3) is 4.96. The van der Waals surface area contributed by atoms with Gasteiger partial charge in [-0.25, -0.2) is 0 Å². The zero-order valence-corrected chi connectivity index (χ0v) is 16.4. The molecule has 0 bridgehead atoms. The fourth-order valence-electron chi connectivity index (χ4n) is 1.80. The van der Waals surface area contributed by atoms with Crippen LogP contribution in [0.2, 0.25) is 0 Å². The Morgan fingerprint density at radius 1 is 0.960 bits per heavy atom. The normalized spacial score (nSPS) is 11.1. The number of amides is 2. The predicted molar refractivity (Wildman–Crippen MR) is 99.9 cm³/mol. The lowest BCUT2D eigenvalue weighted by Gasteiger charge is -2.11. The number of aromatic hydroxyl groups is 1. The van der Waals surface area contributed by atoms with Gasteiger partial charge in [0.25, 0.3) is 11.8 Å². The van der Waals surface area contributed by atoms with E-state index in [2.05, 4.69) is 10.9 Å². The van der Waals surface area contributed by atoms with Crippen molar-refractivity contribution in [1.29, 1.82) is 0 Å². The zero-order valence-electron chi connectivity index (χ0n) is 12.1. The maximum atomic E-state index is 12.5. The fraction of sp³-hybridized carbons (Fsp3) is 0.0667. The Morgan fingerprint density at radius 3 is 2.08 bits per heavy atom. The minimum Gasteiger partial charge on any atom is -0.506 e. The van der Waals surface area contributed by atoms with E-state index in [-0.39, 0.29) is 16.9 Å². The molecule has 0 saturated carbocycles. The summed E-state index contributed by atoms with van der Waals surface area (Å²) in [5.74, 6) is -1.78. The molecule has 132 valence electrons. The molecule has 0 spiro atoms. The summed E-state index contributed by atoms with van der Waals surface area (Å²) in [5, 5.41) is 9.89. The van der Waals surface area contributed by atoms with E-state index < -0.39 is 23.6 Å².